The van der Waals surface area contributed by atoms with Crippen molar-refractivity contribution in [2.75, 3.05) is 13.7 Å². The number of aromatic nitrogens is 3. The van der Waals surface area contributed by atoms with Crippen molar-refractivity contribution >= 4 is 11.8 Å². The fourth-order valence-electron chi connectivity index (χ4n) is 1.61. The lowest BCUT2D eigenvalue weighted by molar-refractivity contribution is 0.414. The van der Waals surface area contributed by atoms with Crippen molar-refractivity contribution in [3.8, 4) is 5.75 Å². The standard InChI is InChI=1S/C12H16N4OS/c1-16-12(14-8-15-16)18-11(7-13)9-4-3-5-10(6-9)17-2/h3-6,8,11H,7,13H2,1-2H3. The van der Waals surface area contributed by atoms with Crippen LogP contribution in [-0.4, -0.2) is 28.4 Å². The summed E-state index contributed by atoms with van der Waals surface area (Å²) < 4.78 is 6.97. The van der Waals surface area contributed by atoms with Gasteiger partial charge in [-0.15, -0.1) is 0 Å². The first-order chi connectivity index (χ1) is 8.74. The van der Waals surface area contributed by atoms with Gasteiger partial charge in [0.1, 0.15) is 12.1 Å². The number of benzene rings is 1. The highest BCUT2D eigenvalue weighted by Crippen LogP contribution is 2.34. The topological polar surface area (TPSA) is 66.0 Å². The van der Waals surface area contributed by atoms with Crippen molar-refractivity contribution in [3.05, 3.63) is 36.2 Å². The Morgan fingerprint density at radius 2 is 2.33 bits per heavy atom. The summed E-state index contributed by atoms with van der Waals surface area (Å²) in [6.07, 6.45) is 1.54. The molecule has 5 nitrogen and oxygen atoms in total. The Kier molecular flexibility index (Phi) is 4.22. The third kappa shape index (κ3) is 2.83. The molecule has 96 valence electrons. The van der Waals surface area contributed by atoms with Crippen LogP contribution in [0.4, 0.5) is 0 Å². The number of hydrogen-bond donors (Lipinski definition) is 1. The lowest BCUT2D eigenvalue weighted by atomic mass is 10.1. The minimum absolute atomic E-state index is 0.142. The Morgan fingerprint density at radius 1 is 1.50 bits per heavy atom. The van der Waals surface area contributed by atoms with Crippen LogP contribution in [0, 0.1) is 0 Å². The van der Waals surface area contributed by atoms with E-state index in [4.69, 9.17) is 10.5 Å². The summed E-state index contributed by atoms with van der Waals surface area (Å²) in [6, 6.07) is 7.93. The molecule has 0 aliphatic heterocycles. The molecule has 2 N–H and O–H groups in total. The van der Waals surface area contributed by atoms with Gasteiger partial charge >= 0.3 is 0 Å². The van der Waals surface area contributed by atoms with E-state index in [1.54, 1.807) is 29.9 Å². The number of aryl methyl sites for hydroxylation is 1. The second-order valence-electron chi connectivity index (χ2n) is 3.79. The highest BCUT2D eigenvalue weighted by molar-refractivity contribution is 7.99. The van der Waals surface area contributed by atoms with Crippen LogP contribution in [0.3, 0.4) is 0 Å². The minimum atomic E-state index is 0.142. The van der Waals surface area contributed by atoms with Gasteiger partial charge < -0.3 is 10.5 Å². The number of hydrogen-bond acceptors (Lipinski definition) is 5. The van der Waals surface area contributed by atoms with Crippen LogP contribution in [-0.2, 0) is 7.05 Å². The Bertz CT molecular complexity index is 514. The van der Waals surface area contributed by atoms with Gasteiger partial charge in [-0.25, -0.2) is 9.67 Å². The molecule has 0 fully saturated rings. The largest absolute Gasteiger partial charge is 0.497 e. The molecule has 1 heterocycles. The first kappa shape index (κ1) is 12.9. The van der Waals surface area contributed by atoms with Crippen LogP contribution in [0.25, 0.3) is 0 Å². The van der Waals surface area contributed by atoms with Crippen LogP contribution in [0.5, 0.6) is 5.75 Å². The fourth-order valence-corrected chi connectivity index (χ4v) is 2.55. The molecule has 18 heavy (non-hydrogen) atoms. The molecule has 0 amide bonds. The summed E-state index contributed by atoms with van der Waals surface area (Å²) in [6.45, 7) is 0.532. The van der Waals surface area contributed by atoms with Crippen LogP contribution in [0.15, 0.2) is 35.7 Å². The maximum atomic E-state index is 5.84. The summed E-state index contributed by atoms with van der Waals surface area (Å²) in [5, 5.41) is 5.05. The second kappa shape index (κ2) is 5.88. The predicted molar refractivity (Wildman–Crippen MR) is 71.6 cm³/mol. The minimum Gasteiger partial charge on any atom is -0.497 e. The van der Waals surface area contributed by atoms with Gasteiger partial charge in [-0.3, -0.25) is 0 Å². The summed E-state index contributed by atoms with van der Waals surface area (Å²) in [5.74, 6) is 0.838. The van der Waals surface area contributed by atoms with Crippen molar-refractivity contribution in [1.29, 1.82) is 0 Å². The fraction of sp³-hybridized carbons (Fsp3) is 0.333. The maximum absolute atomic E-state index is 5.84. The highest BCUT2D eigenvalue weighted by Gasteiger charge is 2.15. The number of ether oxygens (including phenoxy) is 1. The maximum Gasteiger partial charge on any atom is 0.186 e. The average Bonchev–Trinajstić information content (AvgIpc) is 2.81. The second-order valence-corrected chi connectivity index (χ2v) is 4.95. The van der Waals surface area contributed by atoms with Gasteiger partial charge in [-0.1, -0.05) is 23.9 Å². The third-order valence-corrected chi connectivity index (χ3v) is 3.93. The van der Waals surface area contributed by atoms with Crippen molar-refractivity contribution in [2.24, 2.45) is 12.8 Å². The highest BCUT2D eigenvalue weighted by atomic mass is 32.2. The van der Waals surface area contributed by atoms with E-state index in [0.29, 0.717) is 6.54 Å². The van der Waals surface area contributed by atoms with Crippen LogP contribution in [0.2, 0.25) is 0 Å². The van der Waals surface area contributed by atoms with Gasteiger partial charge in [0.2, 0.25) is 0 Å². The van der Waals surface area contributed by atoms with E-state index in [1.165, 1.54) is 0 Å². The van der Waals surface area contributed by atoms with Crippen molar-refractivity contribution in [3.63, 3.8) is 0 Å². The van der Waals surface area contributed by atoms with E-state index >= 15 is 0 Å². The van der Waals surface area contributed by atoms with Gasteiger partial charge in [-0.2, -0.15) is 5.10 Å². The molecule has 1 atom stereocenters. The molecule has 0 saturated carbocycles. The Balaban J connectivity index is 2.20. The molecular weight excluding hydrogens is 248 g/mol. The molecule has 1 aromatic heterocycles. The van der Waals surface area contributed by atoms with E-state index in [1.807, 2.05) is 31.3 Å². The quantitative estimate of drug-likeness (QED) is 0.831. The average molecular weight is 264 g/mol. The lowest BCUT2D eigenvalue weighted by Gasteiger charge is -2.14. The van der Waals surface area contributed by atoms with Crippen molar-refractivity contribution < 1.29 is 4.74 Å². The zero-order valence-electron chi connectivity index (χ0n) is 10.4. The Labute approximate surface area is 110 Å². The number of nitrogens with zero attached hydrogens (tertiary/aromatic N) is 3. The number of thioether (sulfide) groups is 1. The summed E-state index contributed by atoms with van der Waals surface area (Å²) in [4.78, 5) is 4.20. The zero-order chi connectivity index (χ0) is 13.0. The number of methoxy groups -OCH3 is 1. The molecule has 0 spiro atoms. The smallest absolute Gasteiger partial charge is 0.186 e. The Morgan fingerprint density at radius 3 is 2.94 bits per heavy atom. The monoisotopic (exact) mass is 264 g/mol. The number of rotatable bonds is 5. The van der Waals surface area contributed by atoms with Crippen LogP contribution >= 0.6 is 11.8 Å². The first-order valence-corrected chi connectivity index (χ1v) is 6.47. The summed E-state index contributed by atoms with van der Waals surface area (Å²) in [5.41, 5.74) is 6.97. The molecule has 0 bridgehead atoms. The Hall–Kier alpha value is -1.53. The summed E-state index contributed by atoms with van der Waals surface area (Å²) in [7, 11) is 3.53. The number of nitrogens with two attached hydrogens (primary N) is 1. The first-order valence-electron chi connectivity index (χ1n) is 5.59. The molecule has 1 unspecified atom stereocenters. The van der Waals surface area contributed by atoms with Crippen LogP contribution in [0.1, 0.15) is 10.8 Å². The normalized spacial score (nSPS) is 12.4. The zero-order valence-corrected chi connectivity index (χ0v) is 11.2. The molecule has 6 heteroatoms. The molecule has 2 aromatic rings. The van der Waals surface area contributed by atoms with Gasteiger partial charge in [0.15, 0.2) is 5.16 Å². The summed E-state index contributed by atoms with van der Waals surface area (Å²) >= 11 is 1.60. The lowest BCUT2D eigenvalue weighted by Crippen LogP contribution is -2.10. The van der Waals surface area contributed by atoms with E-state index < -0.39 is 0 Å². The molecule has 2 rings (SSSR count). The van der Waals surface area contributed by atoms with Gasteiger partial charge in [0, 0.05) is 18.8 Å². The molecule has 0 aliphatic carbocycles. The van der Waals surface area contributed by atoms with Gasteiger partial charge in [0.05, 0.1) is 7.11 Å². The van der Waals surface area contributed by atoms with Crippen molar-refractivity contribution in [2.45, 2.75) is 10.4 Å². The van der Waals surface area contributed by atoms with E-state index in [2.05, 4.69) is 10.1 Å². The van der Waals surface area contributed by atoms with E-state index in [-0.39, 0.29) is 5.25 Å². The van der Waals surface area contributed by atoms with E-state index in [0.717, 1.165) is 16.5 Å². The molecule has 0 radical (unpaired) electrons. The SMILES string of the molecule is COc1cccc(C(CN)Sc2ncnn2C)c1. The van der Waals surface area contributed by atoms with Crippen LogP contribution < -0.4 is 10.5 Å². The molecule has 1 aromatic carbocycles. The molecular formula is C12H16N4OS. The third-order valence-electron chi connectivity index (χ3n) is 2.60. The van der Waals surface area contributed by atoms with Gasteiger partial charge in [-0.05, 0) is 17.7 Å². The van der Waals surface area contributed by atoms with E-state index in [9.17, 15) is 0 Å². The van der Waals surface area contributed by atoms with Gasteiger partial charge in [0.25, 0.3) is 0 Å². The van der Waals surface area contributed by atoms with Crippen molar-refractivity contribution in [1.82, 2.24) is 14.8 Å². The predicted octanol–water partition coefficient (Wildman–Crippen LogP) is 1.62. The molecule has 0 saturated heterocycles. The molecule has 0 aliphatic rings.